The molecule has 1 fully saturated rings. The van der Waals surface area contributed by atoms with Crippen LogP contribution in [0.25, 0.3) is 0 Å². The third kappa shape index (κ3) is 16.2. The maximum absolute atomic E-state index is 12.4. The zero-order chi connectivity index (χ0) is 32.4. The Morgan fingerprint density at radius 3 is 1.77 bits per heavy atom. The predicted molar refractivity (Wildman–Crippen MR) is 156 cm³/mol. The molecule has 1 heterocycles. The number of carbonyl (C=O) groups is 1. The van der Waals surface area contributed by atoms with Gasteiger partial charge in [0.25, 0.3) is 5.91 Å². The number of amides is 1. The molecule has 14 nitrogen and oxygen atoms in total. The fourth-order valence-electron chi connectivity index (χ4n) is 4.92. The summed E-state index contributed by atoms with van der Waals surface area (Å²) in [7, 11) is -4.92. The summed E-state index contributed by atoms with van der Waals surface area (Å²) in [5.41, 5.74) is 0. The van der Waals surface area contributed by atoms with Gasteiger partial charge in [0, 0.05) is 6.54 Å². The zero-order valence-electron chi connectivity index (χ0n) is 25.5. The monoisotopic (exact) mass is 645 g/mol. The highest BCUT2D eigenvalue weighted by molar-refractivity contribution is 7.80. The number of aliphatic hydroxyl groups is 6. The van der Waals surface area contributed by atoms with Gasteiger partial charge in [0.2, 0.25) is 0 Å². The SMILES string of the molecule is CCCCCCCCCCCCCCCCNC(=O)[C@H](O)[C@@H](O)[C@H](O[C@@H]1OC(COS(=O)(=O)O)[C@@H](O)[C@H](O)C1O)[C@@H](C)O. The first-order valence-corrected chi connectivity index (χ1v) is 17.0. The minimum Gasteiger partial charge on any atom is -0.391 e. The highest BCUT2D eigenvalue weighted by atomic mass is 32.3. The molecule has 0 aromatic heterocycles. The van der Waals surface area contributed by atoms with Crippen LogP contribution >= 0.6 is 0 Å². The van der Waals surface area contributed by atoms with E-state index >= 15 is 0 Å². The molecule has 256 valence electrons. The molecule has 1 aliphatic heterocycles. The van der Waals surface area contributed by atoms with E-state index in [1.807, 2.05) is 0 Å². The van der Waals surface area contributed by atoms with Crippen molar-refractivity contribution in [1.82, 2.24) is 5.32 Å². The first kappa shape index (κ1) is 40.0. The molecule has 1 rings (SSSR count). The van der Waals surface area contributed by atoms with Crippen LogP contribution in [0, 0.1) is 0 Å². The standard InChI is InChI=1S/C28H55NO13S/c1-3-4-5-6-7-8-9-10-11-12-13-14-15-16-17-29-27(36)24(34)23(33)26(19(2)30)42-28-25(35)22(32)21(31)20(41-28)18-40-43(37,38)39/h19-26,28,30-35H,3-18H2,1-2H3,(H,29,36)(H,37,38,39)/t19-,20?,21-,22+,23-,24-,25?,26-,28+/m1/s1. The summed E-state index contributed by atoms with van der Waals surface area (Å²) in [5, 5.41) is 64.0. The van der Waals surface area contributed by atoms with Crippen LogP contribution in [0.15, 0.2) is 0 Å². The van der Waals surface area contributed by atoms with Crippen LogP contribution in [0.4, 0.5) is 0 Å². The quantitative estimate of drug-likeness (QED) is 0.0534. The number of ether oxygens (including phenoxy) is 2. The van der Waals surface area contributed by atoms with Crippen molar-refractivity contribution in [2.75, 3.05) is 13.2 Å². The second kappa shape index (κ2) is 21.7. The number of carbonyl (C=O) groups excluding carboxylic acids is 1. The van der Waals surface area contributed by atoms with E-state index in [0.29, 0.717) is 6.42 Å². The summed E-state index contributed by atoms with van der Waals surface area (Å²) in [6, 6.07) is 0. The van der Waals surface area contributed by atoms with Crippen LogP contribution in [0.3, 0.4) is 0 Å². The lowest BCUT2D eigenvalue weighted by Crippen LogP contribution is -2.61. The molecule has 0 saturated carbocycles. The third-order valence-electron chi connectivity index (χ3n) is 7.57. The third-order valence-corrected chi connectivity index (χ3v) is 8.01. The van der Waals surface area contributed by atoms with Crippen molar-refractivity contribution in [2.24, 2.45) is 0 Å². The van der Waals surface area contributed by atoms with Crippen LogP contribution in [-0.4, -0.2) is 118 Å². The van der Waals surface area contributed by atoms with Gasteiger partial charge in [-0.1, -0.05) is 90.4 Å². The molecule has 0 aliphatic carbocycles. The minimum absolute atomic E-state index is 0.269. The Kier molecular flexibility index (Phi) is 20.2. The number of nitrogens with one attached hydrogen (secondary N) is 1. The molecule has 15 heteroatoms. The summed E-state index contributed by atoms with van der Waals surface area (Å²) in [5.74, 6) is -0.906. The molecule has 1 amide bonds. The van der Waals surface area contributed by atoms with Gasteiger partial charge in [-0.05, 0) is 13.3 Å². The normalized spacial score (nSPS) is 25.7. The van der Waals surface area contributed by atoms with Gasteiger partial charge in [-0.3, -0.25) is 9.35 Å². The molecule has 8 N–H and O–H groups in total. The Morgan fingerprint density at radius 1 is 0.814 bits per heavy atom. The molecule has 1 aliphatic rings. The van der Waals surface area contributed by atoms with Crippen molar-refractivity contribution in [3.63, 3.8) is 0 Å². The van der Waals surface area contributed by atoms with Crippen molar-refractivity contribution in [3.8, 4) is 0 Å². The number of rotatable bonds is 24. The van der Waals surface area contributed by atoms with Gasteiger partial charge in [-0.2, -0.15) is 8.42 Å². The van der Waals surface area contributed by atoms with E-state index in [4.69, 9.17) is 14.0 Å². The van der Waals surface area contributed by atoms with Crippen molar-refractivity contribution in [1.29, 1.82) is 0 Å². The molecule has 2 unspecified atom stereocenters. The smallest absolute Gasteiger partial charge is 0.391 e. The summed E-state index contributed by atoms with van der Waals surface area (Å²) in [6.07, 6.45) is 0.151. The van der Waals surface area contributed by atoms with Crippen LogP contribution in [0.1, 0.15) is 104 Å². The van der Waals surface area contributed by atoms with E-state index in [0.717, 1.165) is 19.3 Å². The topological polar surface area (TPSA) is 233 Å². The molecule has 0 radical (unpaired) electrons. The Morgan fingerprint density at radius 2 is 1.30 bits per heavy atom. The number of unbranched alkanes of at least 4 members (excludes halogenated alkanes) is 13. The molecule has 0 spiro atoms. The van der Waals surface area contributed by atoms with E-state index in [-0.39, 0.29) is 6.54 Å². The Hall–Kier alpha value is -0.980. The van der Waals surface area contributed by atoms with Gasteiger partial charge in [-0.25, -0.2) is 4.18 Å². The zero-order valence-corrected chi connectivity index (χ0v) is 26.3. The summed E-state index contributed by atoms with van der Waals surface area (Å²) in [6.45, 7) is 2.70. The summed E-state index contributed by atoms with van der Waals surface area (Å²) >= 11 is 0. The molecule has 0 bridgehead atoms. The molecule has 0 aromatic carbocycles. The van der Waals surface area contributed by atoms with Crippen LogP contribution in [-0.2, 0) is 28.9 Å². The maximum atomic E-state index is 12.4. The highest BCUT2D eigenvalue weighted by Crippen LogP contribution is 2.25. The average Bonchev–Trinajstić information content (AvgIpc) is 2.95. The number of hydrogen-bond donors (Lipinski definition) is 8. The Bertz CT molecular complexity index is 847. The molecular weight excluding hydrogens is 590 g/mol. The summed E-state index contributed by atoms with van der Waals surface area (Å²) in [4.78, 5) is 12.4. The maximum Gasteiger partial charge on any atom is 0.397 e. The number of hydrogen-bond acceptors (Lipinski definition) is 12. The molecule has 1 saturated heterocycles. The fourth-order valence-corrected chi connectivity index (χ4v) is 5.23. The van der Waals surface area contributed by atoms with Crippen LogP contribution in [0.2, 0.25) is 0 Å². The van der Waals surface area contributed by atoms with Gasteiger partial charge in [-0.15, -0.1) is 0 Å². The van der Waals surface area contributed by atoms with Gasteiger partial charge >= 0.3 is 10.4 Å². The lowest BCUT2D eigenvalue weighted by atomic mass is 9.98. The molecular formula is C28H55NO13S. The van der Waals surface area contributed by atoms with Crippen molar-refractivity contribution in [2.45, 2.75) is 159 Å². The predicted octanol–water partition coefficient (Wildman–Crippen LogP) is 0.699. The molecule has 9 atom stereocenters. The van der Waals surface area contributed by atoms with E-state index in [2.05, 4.69) is 16.4 Å². The van der Waals surface area contributed by atoms with E-state index in [1.165, 1.54) is 71.1 Å². The van der Waals surface area contributed by atoms with Gasteiger partial charge in [0.15, 0.2) is 12.4 Å². The summed E-state index contributed by atoms with van der Waals surface area (Å²) < 4.78 is 45.2. The van der Waals surface area contributed by atoms with Crippen molar-refractivity contribution in [3.05, 3.63) is 0 Å². The van der Waals surface area contributed by atoms with Crippen LogP contribution in [0.5, 0.6) is 0 Å². The first-order chi connectivity index (χ1) is 20.3. The Labute approximate surface area is 255 Å². The van der Waals surface area contributed by atoms with E-state index in [1.54, 1.807) is 0 Å². The second-order valence-corrected chi connectivity index (χ2v) is 12.5. The van der Waals surface area contributed by atoms with E-state index in [9.17, 15) is 43.9 Å². The second-order valence-electron chi connectivity index (χ2n) is 11.4. The van der Waals surface area contributed by atoms with Gasteiger partial charge in [0.05, 0.1) is 12.7 Å². The Balaban J connectivity index is 2.39. The largest absolute Gasteiger partial charge is 0.397 e. The molecule has 43 heavy (non-hydrogen) atoms. The highest BCUT2D eigenvalue weighted by Gasteiger charge is 2.47. The van der Waals surface area contributed by atoms with Crippen molar-refractivity contribution < 1.29 is 62.1 Å². The fraction of sp³-hybridized carbons (Fsp3) is 0.964. The van der Waals surface area contributed by atoms with Gasteiger partial charge < -0.3 is 45.4 Å². The lowest BCUT2D eigenvalue weighted by Gasteiger charge is -2.42. The first-order valence-electron chi connectivity index (χ1n) is 15.6. The van der Waals surface area contributed by atoms with Crippen molar-refractivity contribution >= 4 is 16.3 Å². The van der Waals surface area contributed by atoms with Gasteiger partial charge in [0.1, 0.15) is 36.6 Å². The molecule has 0 aromatic rings. The number of aliphatic hydroxyl groups excluding tert-OH is 6. The average molecular weight is 646 g/mol. The minimum atomic E-state index is -4.92. The van der Waals surface area contributed by atoms with E-state index < -0.39 is 78.0 Å². The van der Waals surface area contributed by atoms with Crippen LogP contribution < -0.4 is 5.32 Å². The lowest BCUT2D eigenvalue weighted by molar-refractivity contribution is -0.324.